The fourth-order valence-corrected chi connectivity index (χ4v) is 3.69. The number of hydrogen-bond acceptors (Lipinski definition) is 3. The van der Waals surface area contributed by atoms with Gasteiger partial charge in [0.25, 0.3) is 0 Å². The molecule has 25 heavy (non-hydrogen) atoms. The predicted molar refractivity (Wildman–Crippen MR) is 105 cm³/mol. The van der Waals surface area contributed by atoms with Crippen molar-refractivity contribution in [3.8, 4) is 5.75 Å². The maximum Gasteiger partial charge on any atom is 0.120 e. The first-order valence-electron chi connectivity index (χ1n) is 8.74. The standard InChI is InChI=1S/C22H22O2S/c25-22(10-12-23-13-11-22)20-6-3-7-21(15-20)24-16-17-8-9-18-4-1-2-5-19(18)14-17/h1-9,14-15,25H,10-13,16H2. The van der Waals surface area contributed by atoms with Crippen LogP contribution in [0, 0.1) is 0 Å². The second kappa shape index (κ2) is 7.11. The highest BCUT2D eigenvalue weighted by Crippen LogP contribution is 2.39. The van der Waals surface area contributed by atoms with E-state index in [-0.39, 0.29) is 4.75 Å². The third-order valence-corrected chi connectivity index (χ3v) is 5.62. The van der Waals surface area contributed by atoms with Crippen LogP contribution in [-0.4, -0.2) is 13.2 Å². The Hall–Kier alpha value is -1.97. The van der Waals surface area contributed by atoms with Crippen LogP contribution in [0.5, 0.6) is 5.75 Å². The molecule has 1 saturated heterocycles. The van der Waals surface area contributed by atoms with Crippen molar-refractivity contribution in [1.82, 2.24) is 0 Å². The Morgan fingerprint density at radius 3 is 2.52 bits per heavy atom. The Kier molecular flexibility index (Phi) is 4.69. The zero-order valence-electron chi connectivity index (χ0n) is 14.2. The summed E-state index contributed by atoms with van der Waals surface area (Å²) in [5.74, 6) is 0.894. The van der Waals surface area contributed by atoms with Gasteiger partial charge in [0.15, 0.2) is 0 Å². The Bertz CT molecular complexity index is 869. The number of rotatable bonds is 4. The van der Waals surface area contributed by atoms with Gasteiger partial charge in [-0.2, -0.15) is 12.6 Å². The Labute approximate surface area is 154 Å². The monoisotopic (exact) mass is 350 g/mol. The fourth-order valence-electron chi connectivity index (χ4n) is 3.37. The number of ether oxygens (including phenoxy) is 2. The van der Waals surface area contributed by atoms with E-state index in [1.807, 2.05) is 6.07 Å². The molecule has 0 atom stereocenters. The van der Waals surface area contributed by atoms with Gasteiger partial charge in [0.05, 0.1) is 0 Å². The highest BCUT2D eigenvalue weighted by Gasteiger charge is 2.30. The predicted octanol–water partition coefficient (Wildman–Crippen LogP) is 5.35. The molecule has 0 unspecified atom stereocenters. The van der Waals surface area contributed by atoms with Crippen LogP contribution >= 0.6 is 12.6 Å². The molecule has 0 spiro atoms. The summed E-state index contributed by atoms with van der Waals surface area (Å²) in [6.07, 6.45) is 1.87. The Balaban J connectivity index is 1.49. The summed E-state index contributed by atoms with van der Waals surface area (Å²) in [7, 11) is 0. The first-order valence-corrected chi connectivity index (χ1v) is 9.19. The second-order valence-electron chi connectivity index (χ2n) is 6.64. The minimum absolute atomic E-state index is 0.111. The van der Waals surface area contributed by atoms with Gasteiger partial charge in [-0.25, -0.2) is 0 Å². The van der Waals surface area contributed by atoms with Crippen molar-refractivity contribution in [3.05, 3.63) is 77.9 Å². The summed E-state index contributed by atoms with van der Waals surface area (Å²) < 4.78 is 11.4. The lowest BCUT2D eigenvalue weighted by molar-refractivity contribution is 0.0773. The summed E-state index contributed by atoms with van der Waals surface area (Å²) in [5, 5.41) is 2.50. The summed E-state index contributed by atoms with van der Waals surface area (Å²) in [5.41, 5.74) is 2.39. The van der Waals surface area contributed by atoms with E-state index in [2.05, 4.69) is 60.7 Å². The molecule has 2 nitrogen and oxygen atoms in total. The van der Waals surface area contributed by atoms with Crippen molar-refractivity contribution in [2.75, 3.05) is 13.2 Å². The zero-order chi connectivity index (χ0) is 17.1. The van der Waals surface area contributed by atoms with Crippen LogP contribution in [-0.2, 0) is 16.1 Å². The highest BCUT2D eigenvalue weighted by atomic mass is 32.1. The lowest BCUT2D eigenvalue weighted by Crippen LogP contribution is -2.28. The molecule has 0 saturated carbocycles. The van der Waals surface area contributed by atoms with Gasteiger partial charge in [0.1, 0.15) is 12.4 Å². The molecule has 3 aromatic rings. The van der Waals surface area contributed by atoms with Crippen LogP contribution in [0.4, 0.5) is 0 Å². The highest BCUT2D eigenvalue weighted by molar-refractivity contribution is 7.81. The molecule has 0 amide bonds. The largest absolute Gasteiger partial charge is 0.489 e. The second-order valence-corrected chi connectivity index (χ2v) is 7.50. The van der Waals surface area contributed by atoms with Gasteiger partial charge >= 0.3 is 0 Å². The summed E-state index contributed by atoms with van der Waals surface area (Å²) in [6.45, 7) is 2.11. The van der Waals surface area contributed by atoms with Gasteiger partial charge in [-0.1, -0.05) is 48.5 Å². The molecule has 0 bridgehead atoms. The van der Waals surface area contributed by atoms with Gasteiger partial charge in [-0.15, -0.1) is 0 Å². The number of thiol groups is 1. The average Bonchev–Trinajstić information content (AvgIpc) is 2.67. The van der Waals surface area contributed by atoms with Gasteiger partial charge in [-0.05, 0) is 52.9 Å². The van der Waals surface area contributed by atoms with Crippen LogP contribution in [0.3, 0.4) is 0 Å². The van der Waals surface area contributed by atoms with Crippen LogP contribution < -0.4 is 4.74 Å². The lowest BCUT2D eigenvalue weighted by Gasteiger charge is -2.33. The van der Waals surface area contributed by atoms with E-state index in [1.165, 1.54) is 21.9 Å². The third-order valence-electron chi connectivity index (χ3n) is 4.91. The molecule has 1 aliphatic rings. The van der Waals surface area contributed by atoms with Crippen molar-refractivity contribution in [2.45, 2.75) is 24.2 Å². The maximum absolute atomic E-state index is 6.05. The molecule has 4 rings (SSSR count). The molecule has 128 valence electrons. The molecule has 0 radical (unpaired) electrons. The molecular weight excluding hydrogens is 328 g/mol. The lowest BCUT2D eigenvalue weighted by atomic mass is 9.90. The molecule has 0 aliphatic carbocycles. The molecule has 3 aromatic carbocycles. The topological polar surface area (TPSA) is 18.5 Å². The van der Waals surface area contributed by atoms with Crippen LogP contribution in [0.2, 0.25) is 0 Å². The van der Waals surface area contributed by atoms with E-state index in [4.69, 9.17) is 22.1 Å². The quantitative estimate of drug-likeness (QED) is 0.639. The van der Waals surface area contributed by atoms with Crippen molar-refractivity contribution < 1.29 is 9.47 Å². The molecule has 3 heteroatoms. The third kappa shape index (κ3) is 3.68. The maximum atomic E-state index is 6.05. The van der Waals surface area contributed by atoms with E-state index in [9.17, 15) is 0 Å². The minimum Gasteiger partial charge on any atom is -0.489 e. The van der Waals surface area contributed by atoms with Crippen LogP contribution in [0.15, 0.2) is 66.7 Å². The zero-order valence-corrected chi connectivity index (χ0v) is 15.0. The van der Waals surface area contributed by atoms with Gasteiger partial charge < -0.3 is 9.47 Å². The van der Waals surface area contributed by atoms with Crippen molar-refractivity contribution in [3.63, 3.8) is 0 Å². The average molecular weight is 350 g/mol. The SMILES string of the molecule is SC1(c2cccc(OCc3ccc4ccccc4c3)c2)CCOCC1. The van der Waals surface area contributed by atoms with E-state index in [1.54, 1.807) is 0 Å². The van der Waals surface area contributed by atoms with Crippen molar-refractivity contribution in [1.29, 1.82) is 0 Å². The summed E-state index contributed by atoms with van der Waals surface area (Å²) >= 11 is 4.93. The Morgan fingerprint density at radius 2 is 1.68 bits per heavy atom. The van der Waals surface area contributed by atoms with E-state index < -0.39 is 0 Å². The van der Waals surface area contributed by atoms with Crippen LogP contribution in [0.1, 0.15) is 24.0 Å². The van der Waals surface area contributed by atoms with E-state index in [0.717, 1.165) is 31.8 Å². The first kappa shape index (κ1) is 16.5. The number of fused-ring (bicyclic) bond motifs is 1. The van der Waals surface area contributed by atoms with Crippen molar-refractivity contribution >= 4 is 23.4 Å². The number of benzene rings is 3. The molecule has 1 heterocycles. The molecule has 1 aliphatic heterocycles. The van der Waals surface area contributed by atoms with Gasteiger partial charge in [0.2, 0.25) is 0 Å². The van der Waals surface area contributed by atoms with E-state index >= 15 is 0 Å². The normalized spacial score (nSPS) is 16.7. The van der Waals surface area contributed by atoms with Gasteiger partial charge in [0, 0.05) is 18.0 Å². The van der Waals surface area contributed by atoms with Crippen LogP contribution in [0.25, 0.3) is 10.8 Å². The van der Waals surface area contributed by atoms with E-state index in [0.29, 0.717) is 6.61 Å². The smallest absolute Gasteiger partial charge is 0.120 e. The Morgan fingerprint density at radius 1 is 0.880 bits per heavy atom. The summed E-state index contributed by atoms with van der Waals surface area (Å²) in [4.78, 5) is 0. The summed E-state index contributed by atoms with van der Waals surface area (Å²) in [6, 6.07) is 23.2. The van der Waals surface area contributed by atoms with Gasteiger partial charge in [-0.3, -0.25) is 0 Å². The minimum atomic E-state index is -0.111. The first-order chi connectivity index (χ1) is 12.2. The molecule has 0 N–H and O–H groups in total. The molecule has 1 fully saturated rings. The number of hydrogen-bond donors (Lipinski definition) is 1. The van der Waals surface area contributed by atoms with Crippen molar-refractivity contribution in [2.24, 2.45) is 0 Å². The molecule has 0 aromatic heterocycles. The fraction of sp³-hybridized carbons (Fsp3) is 0.273. The molecular formula is C22H22O2S.